The molecule has 3 amide bonds. The molecule has 0 saturated carbocycles. The Balaban J connectivity index is 1.30. The molecule has 4 rings (SSSR count). The Morgan fingerprint density at radius 1 is 1.14 bits per heavy atom. The lowest BCUT2D eigenvalue weighted by Gasteiger charge is -2.17. The molecule has 7 heteroatoms. The lowest BCUT2D eigenvalue weighted by Crippen LogP contribution is -2.36. The highest BCUT2D eigenvalue weighted by Crippen LogP contribution is 2.35. The van der Waals surface area contributed by atoms with Gasteiger partial charge in [0.25, 0.3) is 0 Å². The van der Waals surface area contributed by atoms with Crippen molar-refractivity contribution in [3.8, 4) is 5.69 Å². The summed E-state index contributed by atoms with van der Waals surface area (Å²) in [6.07, 6.45) is 10.6. The molecular formula is C22H24N4O3. The largest absolute Gasteiger partial charge is 0.350 e. The van der Waals surface area contributed by atoms with Crippen LogP contribution in [0.15, 0.2) is 55.1 Å². The maximum atomic E-state index is 12.5. The van der Waals surface area contributed by atoms with Gasteiger partial charge in [-0.25, -0.2) is 4.98 Å². The molecule has 1 aromatic carbocycles. The highest BCUT2D eigenvalue weighted by molar-refractivity contribution is 6.05. The van der Waals surface area contributed by atoms with Crippen LogP contribution in [0.1, 0.15) is 37.8 Å². The Kier molecular flexibility index (Phi) is 5.29. The molecule has 3 atom stereocenters. The smallest absolute Gasteiger partial charge is 0.233 e. The topological polar surface area (TPSA) is 84.3 Å². The number of imide groups is 1. The van der Waals surface area contributed by atoms with E-state index in [0.717, 1.165) is 11.3 Å². The number of hydrogen-bond donors (Lipinski definition) is 1. The number of aromatic nitrogens is 2. The lowest BCUT2D eigenvalue weighted by molar-refractivity contribution is -0.140. The minimum Gasteiger partial charge on any atom is -0.350 e. The van der Waals surface area contributed by atoms with E-state index in [9.17, 15) is 14.4 Å². The van der Waals surface area contributed by atoms with Crippen LogP contribution >= 0.6 is 0 Å². The van der Waals surface area contributed by atoms with Crippen LogP contribution in [0, 0.1) is 11.8 Å². The number of fused-ring (bicyclic) bond motifs is 1. The predicted molar refractivity (Wildman–Crippen MR) is 107 cm³/mol. The first-order valence-corrected chi connectivity index (χ1v) is 9.92. The molecule has 1 aliphatic carbocycles. The molecule has 0 bridgehead atoms. The molecule has 1 N–H and O–H groups in total. The highest BCUT2D eigenvalue weighted by atomic mass is 16.2. The van der Waals surface area contributed by atoms with Crippen LogP contribution in [-0.2, 0) is 14.4 Å². The van der Waals surface area contributed by atoms with Gasteiger partial charge in [0.15, 0.2) is 0 Å². The summed E-state index contributed by atoms with van der Waals surface area (Å²) in [5.41, 5.74) is 1.97. The Hall–Kier alpha value is -3.22. The van der Waals surface area contributed by atoms with E-state index in [1.165, 1.54) is 4.90 Å². The van der Waals surface area contributed by atoms with Crippen LogP contribution in [0.4, 0.5) is 0 Å². The summed E-state index contributed by atoms with van der Waals surface area (Å²) in [5.74, 6) is -0.947. The second-order valence-corrected chi connectivity index (χ2v) is 7.58. The summed E-state index contributed by atoms with van der Waals surface area (Å²) in [6.45, 7) is 2.05. The number of allylic oxidation sites excluding steroid dienone is 2. The molecule has 2 aromatic rings. The molecule has 150 valence electrons. The molecule has 1 fully saturated rings. The van der Waals surface area contributed by atoms with Crippen molar-refractivity contribution in [3.05, 3.63) is 60.7 Å². The van der Waals surface area contributed by atoms with E-state index in [2.05, 4.69) is 10.3 Å². The molecule has 0 radical (unpaired) electrons. The SMILES string of the molecule is CC(NC(=O)CCN1C(=O)C2CC=CCC2C1=O)c1ccc(-n2ccnc2)cc1. The zero-order chi connectivity index (χ0) is 20.4. The highest BCUT2D eigenvalue weighted by Gasteiger charge is 2.46. The molecule has 0 spiro atoms. The summed E-state index contributed by atoms with van der Waals surface area (Å²) in [4.78, 5) is 42.6. The fourth-order valence-corrected chi connectivity index (χ4v) is 4.05. The third kappa shape index (κ3) is 3.85. The van der Waals surface area contributed by atoms with Gasteiger partial charge in [-0.15, -0.1) is 0 Å². The zero-order valence-electron chi connectivity index (χ0n) is 16.3. The number of nitrogens with zero attached hydrogens (tertiary/aromatic N) is 3. The van der Waals surface area contributed by atoms with Crippen LogP contribution in [0.3, 0.4) is 0 Å². The van der Waals surface area contributed by atoms with E-state index < -0.39 is 0 Å². The lowest BCUT2D eigenvalue weighted by atomic mass is 9.85. The summed E-state index contributed by atoms with van der Waals surface area (Å²) in [6, 6.07) is 7.70. The third-order valence-electron chi connectivity index (χ3n) is 5.73. The van der Waals surface area contributed by atoms with E-state index in [0.29, 0.717) is 12.8 Å². The van der Waals surface area contributed by atoms with E-state index in [1.807, 2.05) is 54.1 Å². The molecule has 2 aliphatic rings. The second-order valence-electron chi connectivity index (χ2n) is 7.58. The van der Waals surface area contributed by atoms with Crippen LogP contribution in [0.2, 0.25) is 0 Å². The van der Waals surface area contributed by atoms with Crippen molar-refractivity contribution in [3.63, 3.8) is 0 Å². The number of rotatable bonds is 6. The van der Waals surface area contributed by atoms with Crippen molar-refractivity contribution >= 4 is 17.7 Å². The number of carbonyl (C=O) groups is 3. The maximum absolute atomic E-state index is 12.5. The van der Waals surface area contributed by atoms with Gasteiger partial charge in [0, 0.05) is 31.0 Å². The summed E-state index contributed by atoms with van der Waals surface area (Å²) in [7, 11) is 0. The van der Waals surface area contributed by atoms with Gasteiger partial charge >= 0.3 is 0 Å². The van der Waals surface area contributed by atoms with Crippen molar-refractivity contribution in [1.82, 2.24) is 19.8 Å². The van der Waals surface area contributed by atoms with Crippen LogP contribution in [-0.4, -0.2) is 38.7 Å². The summed E-state index contributed by atoms with van der Waals surface area (Å²) in [5, 5.41) is 2.95. The first-order valence-electron chi connectivity index (χ1n) is 9.92. The van der Waals surface area contributed by atoms with Crippen LogP contribution in [0.5, 0.6) is 0 Å². The Bertz CT molecular complexity index is 907. The zero-order valence-corrected chi connectivity index (χ0v) is 16.3. The van der Waals surface area contributed by atoms with Crippen molar-refractivity contribution in [2.24, 2.45) is 11.8 Å². The average molecular weight is 392 g/mol. The fraction of sp³-hybridized carbons (Fsp3) is 0.364. The maximum Gasteiger partial charge on any atom is 0.233 e. The van der Waals surface area contributed by atoms with E-state index in [-0.39, 0.29) is 48.6 Å². The number of hydrogen-bond acceptors (Lipinski definition) is 4. The van der Waals surface area contributed by atoms with Gasteiger partial charge in [-0.2, -0.15) is 0 Å². The molecule has 7 nitrogen and oxygen atoms in total. The summed E-state index contributed by atoms with van der Waals surface area (Å²) < 4.78 is 1.91. The molecule has 1 aliphatic heterocycles. The van der Waals surface area contributed by atoms with Gasteiger partial charge in [-0.3, -0.25) is 19.3 Å². The molecule has 3 unspecified atom stereocenters. The molecule has 29 heavy (non-hydrogen) atoms. The number of benzene rings is 1. The number of likely N-dealkylation sites (tertiary alicyclic amines) is 1. The first kappa shape index (κ1) is 19.1. The summed E-state index contributed by atoms with van der Waals surface area (Å²) >= 11 is 0. The Morgan fingerprint density at radius 2 is 1.79 bits per heavy atom. The van der Waals surface area contributed by atoms with Gasteiger partial charge in [0.05, 0.1) is 24.2 Å². The number of nitrogens with one attached hydrogen (secondary N) is 1. The standard InChI is InChI=1S/C22H24N4O3/c1-15(16-6-8-17(9-7-16)25-13-11-23-14-25)24-20(27)10-12-26-21(28)18-4-2-3-5-19(18)22(26)29/h2-3,6-9,11,13-15,18-19H,4-5,10,12H2,1H3,(H,24,27). The predicted octanol–water partition coefficient (Wildman–Crippen LogP) is 2.39. The Labute approximate surface area is 169 Å². The van der Waals surface area contributed by atoms with Crippen LogP contribution in [0.25, 0.3) is 5.69 Å². The number of carbonyl (C=O) groups excluding carboxylic acids is 3. The van der Waals surface area contributed by atoms with Crippen molar-refractivity contribution in [1.29, 1.82) is 0 Å². The minimum atomic E-state index is -0.247. The monoisotopic (exact) mass is 392 g/mol. The van der Waals surface area contributed by atoms with Gasteiger partial charge in [-0.1, -0.05) is 24.3 Å². The number of imidazole rings is 1. The third-order valence-corrected chi connectivity index (χ3v) is 5.73. The minimum absolute atomic E-state index is 0.113. The fourth-order valence-electron chi connectivity index (χ4n) is 4.05. The van der Waals surface area contributed by atoms with E-state index in [1.54, 1.807) is 12.5 Å². The van der Waals surface area contributed by atoms with Gasteiger partial charge < -0.3 is 9.88 Å². The first-order chi connectivity index (χ1) is 14.0. The van der Waals surface area contributed by atoms with Crippen molar-refractivity contribution in [2.45, 2.75) is 32.2 Å². The van der Waals surface area contributed by atoms with Gasteiger partial charge in [0.1, 0.15) is 0 Å². The van der Waals surface area contributed by atoms with Crippen LogP contribution < -0.4 is 5.32 Å². The quantitative estimate of drug-likeness (QED) is 0.604. The van der Waals surface area contributed by atoms with Gasteiger partial charge in [0.2, 0.25) is 17.7 Å². The van der Waals surface area contributed by atoms with Crippen molar-refractivity contribution < 1.29 is 14.4 Å². The normalized spacial score (nSPS) is 21.9. The Morgan fingerprint density at radius 3 is 2.38 bits per heavy atom. The molecule has 1 saturated heterocycles. The average Bonchev–Trinajstić information content (AvgIpc) is 3.35. The second kappa shape index (κ2) is 8.03. The molecular weight excluding hydrogens is 368 g/mol. The number of amides is 3. The molecule has 2 heterocycles. The van der Waals surface area contributed by atoms with E-state index >= 15 is 0 Å². The van der Waals surface area contributed by atoms with Crippen molar-refractivity contribution in [2.75, 3.05) is 6.54 Å². The van der Waals surface area contributed by atoms with E-state index in [4.69, 9.17) is 0 Å². The van der Waals surface area contributed by atoms with Gasteiger partial charge in [-0.05, 0) is 37.5 Å². The molecule has 1 aromatic heterocycles.